The fraction of sp³-hybridized carbons (Fsp3) is 0.261. The lowest BCUT2D eigenvalue weighted by molar-refractivity contribution is -0.137. The Morgan fingerprint density at radius 3 is 2.53 bits per heavy atom. The Hall–Kier alpha value is -3.52. The number of ether oxygens (including phenoxy) is 2. The first-order valence-corrected chi connectivity index (χ1v) is 10.1. The van der Waals surface area contributed by atoms with Crippen molar-refractivity contribution in [2.45, 2.75) is 33.3 Å². The molecule has 0 radical (unpaired) electrons. The van der Waals surface area contributed by atoms with E-state index in [0.717, 1.165) is 0 Å². The molecular weight excluding hydrogens is 434 g/mol. The molecule has 2 aromatic rings. The van der Waals surface area contributed by atoms with E-state index in [0.29, 0.717) is 11.1 Å². The molecule has 0 saturated carbocycles. The number of nitrogens with zero attached hydrogens (tertiary/aromatic N) is 2. The number of hydrogen-bond acceptors (Lipinski definition) is 6. The number of Topliss-reactive ketones (excluding diaryl/α,β-unsaturated/α-hetero) is 1. The van der Waals surface area contributed by atoms with Gasteiger partial charge in [0.2, 0.25) is 5.78 Å². The average molecular weight is 458 g/mol. The minimum atomic E-state index is -0.829. The van der Waals surface area contributed by atoms with Gasteiger partial charge >= 0.3 is 12.1 Å². The van der Waals surface area contributed by atoms with Crippen molar-refractivity contribution in [2.24, 2.45) is 10.7 Å². The number of aliphatic imine (C=N–C) groups is 1. The number of nitrogens with two attached hydrogens (primary N) is 1. The molecule has 0 fully saturated rings. The van der Waals surface area contributed by atoms with E-state index in [9.17, 15) is 14.4 Å². The summed E-state index contributed by atoms with van der Waals surface area (Å²) in [5.41, 5.74) is 5.92. The number of carbonyl (C=O) groups excluding carboxylic acids is 3. The summed E-state index contributed by atoms with van der Waals surface area (Å²) in [6, 6.07) is 9.50. The molecule has 0 aliphatic rings. The van der Waals surface area contributed by atoms with Crippen LogP contribution in [-0.2, 0) is 14.3 Å². The maximum atomic E-state index is 13.0. The van der Waals surface area contributed by atoms with Crippen molar-refractivity contribution in [1.82, 2.24) is 4.98 Å². The van der Waals surface area contributed by atoms with Crippen LogP contribution in [0.15, 0.2) is 53.2 Å². The minimum absolute atomic E-state index is 0.0322. The lowest BCUT2D eigenvalue weighted by Gasteiger charge is -2.17. The summed E-state index contributed by atoms with van der Waals surface area (Å²) in [4.78, 5) is 45.0. The number of benzene rings is 1. The van der Waals surface area contributed by atoms with Gasteiger partial charge in [-0.15, -0.1) is 0 Å². The van der Waals surface area contributed by atoms with Crippen LogP contribution in [0.4, 0.5) is 4.79 Å². The predicted molar refractivity (Wildman–Crippen MR) is 122 cm³/mol. The Balaban J connectivity index is 2.43. The van der Waals surface area contributed by atoms with Crippen molar-refractivity contribution in [3.8, 4) is 0 Å². The monoisotopic (exact) mass is 457 g/mol. The molecule has 1 aromatic carbocycles. The molecule has 0 saturated heterocycles. The standard InChI is InChI=1S/C23H24ClN3O5/c1-5-31-21(29)17(18(28)16-10-7-11-26-19(16)24)13-14-8-6-9-15(12-14)20(25)27-22(30)32-23(2,3)4/h6-13H,5H2,1-4H3,(H2,25,27,30). The zero-order chi connectivity index (χ0) is 23.9. The normalized spacial score (nSPS) is 12.3. The van der Waals surface area contributed by atoms with Gasteiger partial charge in [0, 0.05) is 11.8 Å². The van der Waals surface area contributed by atoms with Crippen molar-refractivity contribution in [3.05, 3.63) is 70.0 Å². The summed E-state index contributed by atoms with van der Waals surface area (Å²) in [7, 11) is 0. The molecule has 2 N–H and O–H groups in total. The van der Waals surface area contributed by atoms with Crippen LogP contribution < -0.4 is 5.73 Å². The number of rotatable bonds is 6. The average Bonchev–Trinajstić information content (AvgIpc) is 2.70. The molecular formula is C23H24ClN3O5. The smallest absolute Gasteiger partial charge is 0.436 e. The van der Waals surface area contributed by atoms with Gasteiger partial charge in [-0.3, -0.25) is 4.79 Å². The summed E-state index contributed by atoms with van der Waals surface area (Å²) in [5, 5.41) is -0.0322. The molecule has 0 aliphatic carbocycles. The molecule has 1 amide bonds. The van der Waals surface area contributed by atoms with Crippen molar-refractivity contribution < 1.29 is 23.9 Å². The highest BCUT2D eigenvalue weighted by molar-refractivity contribution is 6.36. The Bertz CT molecular complexity index is 1090. The number of carbonyl (C=O) groups is 3. The number of amidine groups is 1. The maximum Gasteiger partial charge on any atom is 0.436 e. The van der Waals surface area contributed by atoms with Crippen LogP contribution in [0.2, 0.25) is 5.15 Å². The van der Waals surface area contributed by atoms with E-state index < -0.39 is 23.4 Å². The first-order valence-electron chi connectivity index (χ1n) is 9.73. The Labute approximate surface area is 191 Å². The van der Waals surface area contributed by atoms with Crippen LogP contribution in [0.1, 0.15) is 49.2 Å². The van der Waals surface area contributed by atoms with E-state index in [1.165, 1.54) is 24.4 Å². The van der Waals surface area contributed by atoms with Gasteiger partial charge in [0.15, 0.2) is 0 Å². The molecule has 0 aliphatic heterocycles. The van der Waals surface area contributed by atoms with Gasteiger partial charge in [0.1, 0.15) is 22.2 Å². The molecule has 32 heavy (non-hydrogen) atoms. The van der Waals surface area contributed by atoms with Crippen molar-refractivity contribution in [2.75, 3.05) is 6.61 Å². The summed E-state index contributed by atoms with van der Waals surface area (Å²) in [6.45, 7) is 6.85. The highest BCUT2D eigenvalue weighted by atomic mass is 35.5. The SMILES string of the molecule is CCOC(=O)C(=Cc1cccc(C(N)=NC(=O)OC(C)(C)C)c1)C(=O)c1cccnc1Cl. The van der Waals surface area contributed by atoms with Gasteiger partial charge in [-0.05, 0) is 57.5 Å². The summed E-state index contributed by atoms with van der Waals surface area (Å²) < 4.78 is 10.2. The molecule has 2 rings (SSSR count). The topological polar surface area (TPSA) is 121 Å². The molecule has 0 bridgehead atoms. The van der Waals surface area contributed by atoms with Crippen molar-refractivity contribution in [1.29, 1.82) is 0 Å². The third-order valence-electron chi connectivity index (χ3n) is 3.84. The molecule has 1 heterocycles. The fourth-order valence-electron chi connectivity index (χ4n) is 2.53. The highest BCUT2D eigenvalue weighted by Gasteiger charge is 2.23. The summed E-state index contributed by atoms with van der Waals surface area (Å²) in [5.74, 6) is -1.52. The van der Waals surface area contributed by atoms with Gasteiger partial charge < -0.3 is 15.2 Å². The second-order valence-corrected chi connectivity index (χ2v) is 7.91. The lowest BCUT2D eigenvalue weighted by atomic mass is 10.0. The quantitative estimate of drug-likeness (QED) is 0.101. The second kappa shape index (κ2) is 10.7. The minimum Gasteiger partial charge on any atom is -0.462 e. The van der Waals surface area contributed by atoms with E-state index in [2.05, 4.69) is 9.98 Å². The van der Waals surface area contributed by atoms with Gasteiger partial charge in [0.05, 0.1) is 12.2 Å². The molecule has 8 nitrogen and oxygen atoms in total. The number of aromatic nitrogens is 1. The summed E-state index contributed by atoms with van der Waals surface area (Å²) >= 11 is 6.02. The molecule has 168 valence electrons. The van der Waals surface area contributed by atoms with Crippen LogP contribution in [-0.4, -0.2) is 40.9 Å². The largest absolute Gasteiger partial charge is 0.462 e. The number of halogens is 1. The molecule has 0 spiro atoms. The van der Waals surface area contributed by atoms with Gasteiger partial charge in [-0.1, -0.05) is 29.8 Å². The zero-order valence-electron chi connectivity index (χ0n) is 18.2. The highest BCUT2D eigenvalue weighted by Crippen LogP contribution is 2.20. The number of hydrogen-bond donors (Lipinski definition) is 1. The van der Waals surface area contributed by atoms with E-state index in [1.807, 2.05) is 0 Å². The maximum absolute atomic E-state index is 13.0. The Morgan fingerprint density at radius 2 is 1.91 bits per heavy atom. The molecule has 0 atom stereocenters. The van der Waals surface area contributed by atoms with Crippen molar-refractivity contribution >= 4 is 41.4 Å². The van der Waals surface area contributed by atoms with Crippen LogP contribution >= 0.6 is 11.6 Å². The van der Waals surface area contributed by atoms with Crippen LogP contribution in [0, 0.1) is 0 Å². The van der Waals surface area contributed by atoms with Gasteiger partial charge in [-0.2, -0.15) is 4.99 Å². The summed E-state index contributed by atoms with van der Waals surface area (Å²) in [6.07, 6.45) is 1.96. The predicted octanol–water partition coefficient (Wildman–Crippen LogP) is 4.20. The number of amides is 1. The van der Waals surface area contributed by atoms with Gasteiger partial charge in [0.25, 0.3) is 0 Å². The number of ketones is 1. The number of esters is 1. The number of pyridine rings is 1. The first kappa shape index (κ1) is 24.7. The van der Waals surface area contributed by atoms with Crippen LogP contribution in [0.5, 0.6) is 0 Å². The molecule has 9 heteroatoms. The Kier molecular flexibility index (Phi) is 8.26. The molecule has 1 aromatic heterocycles. The van der Waals surface area contributed by atoms with Crippen molar-refractivity contribution in [3.63, 3.8) is 0 Å². The van der Waals surface area contributed by atoms with E-state index in [1.54, 1.807) is 52.0 Å². The van der Waals surface area contributed by atoms with E-state index in [4.69, 9.17) is 26.8 Å². The van der Waals surface area contributed by atoms with E-state index in [-0.39, 0.29) is 28.7 Å². The first-order chi connectivity index (χ1) is 15.0. The Morgan fingerprint density at radius 1 is 1.19 bits per heavy atom. The second-order valence-electron chi connectivity index (χ2n) is 7.55. The zero-order valence-corrected chi connectivity index (χ0v) is 19.0. The third kappa shape index (κ3) is 7.02. The lowest BCUT2D eigenvalue weighted by Crippen LogP contribution is -2.24. The third-order valence-corrected chi connectivity index (χ3v) is 4.14. The fourth-order valence-corrected chi connectivity index (χ4v) is 2.73. The van der Waals surface area contributed by atoms with Gasteiger partial charge in [-0.25, -0.2) is 14.6 Å². The van der Waals surface area contributed by atoms with Crippen LogP contribution in [0.3, 0.4) is 0 Å². The van der Waals surface area contributed by atoms with Crippen LogP contribution in [0.25, 0.3) is 6.08 Å². The molecule has 0 unspecified atom stereocenters. The van der Waals surface area contributed by atoms with E-state index >= 15 is 0 Å².